The van der Waals surface area contributed by atoms with Gasteiger partial charge in [0, 0.05) is 19.0 Å². The molecule has 188 valence electrons. The molecule has 11 heteroatoms. The average molecular weight is 524 g/mol. The highest BCUT2D eigenvalue weighted by atomic mass is 35.5. The number of hydrogen-bond acceptors (Lipinski definition) is 5. The summed E-state index contributed by atoms with van der Waals surface area (Å²) in [4.78, 5) is 8.90. The van der Waals surface area contributed by atoms with Gasteiger partial charge in [-0.05, 0) is 35.7 Å². The topological polar surface area (TPSA) is 88.0 Å². The first-order chi connectivity index (χ1) is 15.9. The summed E-state index contributed by atoms with van der Waals surface area (Å²) in [5.41, 5.74) is 1.29. The van der Waals surface area contributed by atoms with E-state index in [9.17, 15) is 18.3 Å². The minimum absolute atomic E-state index is 0.0179. The molecule has 1 aliphatic rings. The molecule has 1 fully saturated rings. The Hall–Kier alpha value is -2.20. The van der Waals surface area contributed by atoms with E-state index in [1.165, 1.54) is 5.56 Å². The number of halogens is 5. The van der Waals surface area contributed by atoms with Crippen LogP contribution in [0.5, 0.6) is 11.5 Å². The second kappa shape index (κ2) is 12.5. The van der Waals surface area contributed by atoms with E-state index in [-0.39, 0.29) is 18.8 Å². The molecule has 1 saturated heterocycles. The quantitative estimate of drug-likeness (QED) is 0.456. The van der Waals surface area contributed by atoms with Gasteiger partial charge in [-0.3, -0.25) is 0 Å². The maximum Gasteiger partial charge on any atom is 0.490 e. The molecular formula is C23H26Cl2F3NO5. The van der Waals surface area contributed by atoms with E-state index in [2.05, 4.69) is 31.3 Å². The van der Waals surface area contributed by atoms with E-state index in [1.807, 2.05) is 12.1 Å². The number of ether oxygens (including phenoxy) is 2. The van der Waals surface area contributed by atoms with E-state index in [1.54, 1.807) is 18.2 Å². The van der Waals surface area contributed by atoms with Crippen LogP contribution in [0.4, 0.5) is 13.2 Å². The van der Waals surface area contributed by atoms with Crippen LogP contribution in [0.25, 0.3) is 0 Å². The number of benzene rings is 2. The third-order valence-electron chi connectivity index (χ3n) is 5.01. The van der Waals surface area contributed by atoms with Gasteiger partial charge in [-0.2, -0.15) is 13.2 Å². The van der Waals surface area contributed by atoms with Crippen LogP contribution in [0.1, 0.15) is 31.7 Å². The monoisotopic (exact) mass is 523 g/mol. The van der Waals surface area contributed by atoms with Crippen LogP contribution in [0.15, 0.2) is 42.5 Å². The zero-order chi connectivity index (χ0) is 25.5. The van der Waals surface area contributed by atoms with Gasteiger partial charge in [0.25, 0.3) is 0 Å². The Labute approximate surface area is 205 Å². The summed E-state index contributed by atoms with van der Waals surface area (Å²) in [7, 11) is 0. The van der Waals surface area contributed by atoms with Crippen molar-refractivity contribution in [3.63, 3.8) is 0 Å². The molecule has 0 aromatic heterocycles. The summed E-state index contributed by atoms with van der Waals surface area (Å²) in [5.74, 6) is -0.935. The van der Waals surface area contributed by atoms with Crippen molar-refractivity contribution in [3.8, 4) is 11.5 Å². The first-order valence-corrected chi connectivity index (χ1v) is 11.2. The number of hydrogen-bond donors (Lipinski definition) is 3. The van der Waals surface area contributed by atoms with Gasteiger partial charge in [-0.1, -0.05) is 55.2 Å². The van der Waals surface area contributed by atoms with Gasteiger partial charge in [0.15, 0.2) is 0 Å². The summed E-state index contributed by atoms with van der Waals surface area (Å²) < 4.78 is 43.4. The largest absolute Gasteiger partial charge is 0.490 e. The lowest BCUT2D eigenvalue weighted by Gasteiger charge is -2.19. The summed E-state index contributed by atoms with van der Waals surface area (Å²) in [5, 5.41) is 21.7. The van der Waals surface area contributed by atoms with E-state index >= 15 is 0 Å². The number of aliphatic hydroxyl groups is 1. The van der Waals surface area contributed by atoms with Crippen molar-refractivity contribution in [1.29, 1.82) is 0 Å². The minimum Gasteiger partial charge on any atom is -0.489 e. The van der Waals surface area contributed by atoms with E-state index in [4.69, 9.17) is 42.6 Å². The number of aliphatic hydroxyl groups excluding tert-OH is 1. The summed E-state index contributed by atoms with van der Waals surface area (Å²) in [6, 6.07) is 13.3. The number of rotatable bonds is 7. The predicted octanol–water partition coefficient (Wildman–Crippen LogP) is 5.30. The highest BCUT2D eigenvalue weighted by Crippen LogP contribution is 2.31. The van der Waals surface area contributed by atoms with Crippen LogP contribution in [0, 0.1) is 0 Å². The molecule has 0 bridgehead atoms. The Kier molecular flexibility index (Phi) is 10.3. The Morgan fingerprint density at radius 1 is 1.18 bits per heavy atom. The van der Waals surface area contributed by atoms with E-state index < -0.39 is 18.2 Å². The lowest BCUT2D eigenvalue weighted by molar-refractivity contribution is -0.192. The van der Waals surface area contributed by atoms with Crippen LogP contribution in [0.3, 0.4) is 0 Å². The standard InChI is InChI=1S/C21H25Cl2NO3.C2HF3O2/c1-13(2)14-6-8-15(9-7-14)27-16-10-18(24-11-16)19(25)12-26-20-5-3-4-17(22)21(20)23;3-2(4,5)1(6)7/h3-9,13,16,18-19,24-25H,10-12H2,1-2H3;(H,6,7)/t16-,18-,19?;/m0./s1. The molecule has 3 rings (SSSR count). The number of carboxylic acid groups (broad SMARTS) is 1. The molecule has 0 saturated carbocycles. The van der Waals surface area contributed by atoms with Gasteiger partial charge >= 0.3 is 12.1 Å². The predicted molar refractivity (Wildman–Crippen MR) is 123 cm³/mol. The molecule has 2 aromatic rings. The van der Waals surface area contributed by atoms with Gasteiger partial charge in [-0.15, -0.1) is 0 Å². The lowest BCUT2D eigenvalue weighted by Crippen LogP contribution is -2.38. The number of nitrogens with one attached hydrogen (secondary N) is 1. The van der Waals surface area contributed by atoms with Crippen LogP contribution in [0.2, 0.25) is 10.0 Å². The van der Waals surface area contributed by atoms with Crippen LogP contribution < -0.4 is 14.8 Å². The molecule has 0 amide bonds. The number of carboxylic acids is 1. The first-order valence-electron chi connectivity index (χ1n) is 10.4. The zero-order valence-corrected chi connectivity index (χ0v) is 20.0. The molecule has 2 aromatic carbocycles. The summed E-state index contributed by atoms with van der Waals surface area (Å²) >= 11 is 12.1. The molecule has 3 N–H and O–H groups in total. The molecule has 1 heterocycles. The van der Waals surface area contributed by atoms with Crippen molar-refractivity contribution in [1.82, 2.24) is 5.32 Å². The third-order valence-corrected chi connectivity index (χ3v) is 5.81. The number of carbonyl (C=O) groups is 1. The lowest BCUT2D eigenvalue weighted by atomic mass is 10.0. The second-order valence-electron chi connectivity index (χ2n) is 7.95. The average Bonchev–Trinajstić information content (AvgIpc) is 3.23. The van der Waals surface area contributed by atoms with Gasteiger partial charge in [0.1, 0.15) is 35.3 Å². The fourth-order valence-electron chi connectivity index (χ4n) is 3.13. The highest BCUT2D eigenvalue weighted by molar-refractivity contribution is 6.42. The Balaban J connectivity index is 0.000000509. The number of alkyl halides is 3. The smallest absolute Gasteiger partial charge is 0.489 e. The number of aliphatic carboxylic acids is 1. The van der Waals surface area contributed by atoms with Crippen molar-refractivity contribution in [2.45, 2.75) is 50.6 Å². The normalized spacial score (nSPS) is 18.7. The minimum atomic E-state index is -5.08. The fraction of sp³-hybridized carbons (Fsp3) is 0.435. The molecular weight excluding hydrogens is 498 g/mol. The molecule has 0 aliphatic carbocycles. The molecule has 0 radical (unpaired) electrons. The third kappa shape index (κ3) is 8.54. The molecule has 1 aliphatic heterocycles. The van der Waals surface area contributed by atoms with Gasteiger partial charge < -0.3 is 25.0 Å². The Morgan fingerprint density at radius 2 is 1.79 bits per heavy atom. The van der Waals surface area contributed by atoms with Gasteiger partial charge in [0.05, 0.1) is 5.02 Å². The van der Waals surface area contributed by atoms with Gasteiger partial charge in [0.2, 0.25) is 0 Å². The van der Waals surface area contributed by atoms with Gasteiger partial charge in [-0.25, -0.2) is 4.79 Å². The molecule has 6 nitrogen and oxygen atoms in total. The van der Waals surface area contributed by atoms with E-state index in [0.29, 0.717) is 34.7 Å². The summed E-state index contributed by atoms with van der Waals surface area (Å²) in [6.45, 7) is 5.15. The SMILES string of the molecule is CC(C)c1ccc(O[C@@H]2CN[C@H](C(O)COc3cccc(Cl)c3Cl)C2)cc1.O=C(O)C(F)(F)F. The van der Waals surface area contributed by atoms with Crippen LogP contribution >= 0.6 is 23.2 Å². The Bertz CT molecular complexity index is 941. The van der Waals surface area contributed by atoms with E-state index in [0.717, 1.165) is 5.75 Å². The molecule has 3 atom stereocenters. The molecule has 34 heavy (non-hydrogen) atoms. The molecule has 1 unspecified atom stereocenters. The van der Waals surface area contributed by atoms with Crippen molar-refractivity contribution in [2.75, 3.05) is 13.2 Å². The maximum atomic E-state index is 10.6. The first kappa shape index (κ1) is 28.0. The van der Waals surface area contributed by atoms with Crippen molar-refractivity contribution in [3.05, 3.63) is 58.1 Å². The van der Waals surface area contributed by atoms with Crippen LogP contribution in [-0.2, 0) is 4.79 Å². The summed E-state index contributed by atoms with van der Waals surface area (Å²) in [6.07, 6.45) is -5.03. The second-order valence-corrected chi connectivity index (χ2v) is 8.73. The Morgan fingerprint density at radius 3 is 2.35 bits per heavy atom. The van der Waals surface area contributed by atoms with Crippen molar-refractivity contribution >= 4 is 29.2 Å². The van der Waals surface area contributed by atoms with Crippen molar-refractivity contribution in [2.24, 2.45) is 0 Å². The van der Waals surface area contributed by atoms with Crippen LogP contribution in [-0.4, -0.2) is 53.8 Å². The maximum absolute atomic E-state index is 10.6. The van der Waals surface area contributed by atoms with Crippen molar-refractivity contribution < 1.29 is 37.7 Å². The molecule has 0 spiro atoms. The zero-order valence-electron chi connectivity index (χ0n) is 18.5. The fourth-order valence-corrected chi connectivity index (χ4v) is 3.47. The highest BCUT2D eigenvalue weighted by Gasteiger charge is 2.38.